The van der Waals surface area contributed by atoms with E-state index in [9.17, 15) is 76.0 Å². The summed E-state index contributed by atoms with van der Waals surface area (Å²) in [5.74, 6) is -3.41. The number of phenols is 3. The molecule has 0 saturated carbocycles. The lowest BCUT2D eigenvalue weighted by atomic mass is 9.85. The molecule has 3 aliphatic heterocycles. The molecule has 64 heavy (non-hydrogen) atoms. The minimum atomic E-state index is -2.36. The number of methoxy groups -OCH3 is 1. The van der Waals surface area contributed by atoms with Gasteiger partial charge in [-0.2, -0.15) is 0 Å². The molecule has 1 aromatic heterocycles. The lowest BCUT2D eigenvalue weighted by molar-refractivity contribution is -0.235. The number of aliphatic hydroxyl groups excluding tert-OH is 9. The van der Waals surface area contributed by atoms with Crippen LogP contribution in [0.2, 0.25) is 0 Å². The van der Waals surface area contributed by atoms with Gasteiger partial charge in [-0.1, -0.05) is 6.07 Å². The zero-order valence-corrected chi connectivity index (χ0v) is 33.5. The molecule has 22 nitrogen and oxygen atoms in total. The van der Waals surface area contributed by atoms with Gasteiger partial charge in [-0.05, 0) is 48.0 Å². The zero-order valence-electron chi connectivity index (χ0n) is 33.5. The minimum absolute atomic E-state index is 0.108. The smallest absolute Gasteiger partial charge is 0.330 e. The summed E-state index contributed by atoms with van der Waals surface area (Å²) in [6.45, 7) is -3.62. The first kappa shape index (κ1) is 46.5. The summed E-state index contributed by atoms with van der Waals surface area (Å²) in [5, 5.41) is 140. The molecule has 4 aromatic rings. The topological polar surface area (TPSA) is 366 Å². The number of ether oxygens (including phenoxy) is 6. The van der Waals surface area contributed by atoms with Crippen molar-refractivity contribution in [3.63, 3.8) is 0 Å². The van der Waals surface area contributed by atoms with Gasteiger partial charge in [-0.25, -0.2) is 4.79 Å². The van der Waals surface area contributed by atoms with Gasteiger partial charge in [0.15, 0.2) is 22.5 Å². The summed E-state index contributed by atoms with van der Waals surface area (Å²) in [7, 11) is 1.32. The van der Waals surface area contributed by atoms with Crippen LogP contribution in [0.1, 0.15) is 28.9 Å². The molecule has 3 aliphatic rings. The predicted molar refractivity (Wildman–Crippen MR) is 213 cm³/mol. The van der Waals surface area contributed by atoms with E-state index in [1.54, 1.807) is 0 Å². The van der Waals surface area contributed by atoms with E-state index in [0.717, 1.165) is 12.1 Å². The Morgan fingerprint density at radius 2 is 1.47 bits per heavy atom. The van der Waals surface area contributed by atoms with Gasteiger partial charge < -0.3 is 99.2 Å². The SMILES string of the molecule is COc1cc(C=CC(=O)OC[C@H]2O[C@@H](c3c(O[C@@H]4OC[C@](O)(CO)[C@H]4O)c([C@@H]4O[C@H](CO)[C@@H](O)[C@H](O)[C@H]4O)c(O)c4c(=O)cc(-c5ccc(O)cc5)oc34)[C@H](O)[C@@H](O)[C@@H]2O)ccc1O. The Morgan fingerprint density at radius 3 is 2.09 bits per heavy atom. The van der Waals surface area contributed by atoms with Crippen molar-refractivity contribution in [3.8, 4) is 40.1 Å². The standard InChI is InChI=1S/C42H46O22/c1-58-22-10-16(2-8-19(22)46)3-9-25(48)59-13-24-30(50)33(53)35(55)39(63-24)28-36-26(20(47)11-21(61-36)17-4-6-18(45)7-5-17)31(51)27(38-34(54)32(52)29(49)23(12-43)62-38)37(28)64-41-40(56)42(57,14-44)15-60-41/h2-11,23-24,29-30,32-35,38-41,43-46,49-57H,12-15H2,1H3/t23-,24-,29-,30-,32+,33+,34-,35-,38+,39+,40+,41+,42-/m1/s1. The van der Waals surface area contributed by atoms with Gasteiger partial charge >= 0.3 is 5.97 Å². The van der Waals surface area contributed by atoms with E-state index >= 15 is 0 Å². The van der Waals surface area contributed by atoms with E-state index < -0.39 is 150 Å². The molecule has 3 fully saturated rings. The fraction of sp³-hybridized carbons (Fsp3) is 0.429. The van der Waals surface area contributed by atoms with E-state index in [0.29, 0.717) is 5.56 Å². The summed E-state index contributed by atoms with van der Waals surface area (Å²) in [6.07, 6.45) is -22.0. The van der Waals surface area contributed by atoms with Crippen molar-refractivity contribution >= 4 is 23.0 Å². The number of carbonyl (C=O) groups is 1. The third-order valence-electron chi connectivity index (χ3n) is 11.3. The van der Waals surface area contributed by atoms with Crippen molar-refractivity contribution in [2.24, 2.45) is 0 Å². The Labute approximate surface area is 360 Å². The van der Waals surface area contributed by atoms with Crippen LogP contribution in [0.25, 0.3) is 28.4 Å². The maximum atomic E-state index is 14.2. The maximum Gasteiger partial charge on any atom is 0.330 e. The van der Waals surface area contributed by atoms with Gasteiger partial charge in [0.2, 0.25) is 6.29 Å². The van der Waals surface area contributed by atoms with E-state index in [1.165, 1.54) is 55.7 Å². The van der Waals surface area contributed by atoms with Crippen LogP contribution in [0, 0.1) is 0 Å². The van der Waals surface area contributed by atoms with Crippen molar-refractivity contribution in [3.05, 3.63) is 81.5 Å². The summed E-state index contributed by atoms with van der Waals surface area (Å²) < 4.78 is 40.1. The van der Waals surface area contributed by atoms with Crippen LogP contribution in [0.4, 0.5) is 0 Å². The van der Waals surface area contributed by atoms with E-state index in [1.807, 2.05) is 0 Å². The number of phenolic OH excluding ortho intramolecular Hbond substituents is 3. The number of aliphatic hydroxyl groups is 10. The van der Waals surface area contributed by atoms with Gasteiger partial charge in [0.1, 0.15) is 108 Å². The largest absolute Gasteiger partial charge is 0.508 e. The Hall–Kier alpha value is -5.44. The highest BCUT2D eigenvalue weighted by molar-refractivity contribution is 5.92. The number of hydrogen-bond acceptors (Lipinski definition) is 22. The number of carbonyl (C=O) groups excluding carboxylic acids is 1. The number of hydrogen-bond donors (Lipinski definition) is 13. The molecule has 7 rings (SSSR count). The molecule has 0 bridgehead atoms. The monoisotopic (exact) mass is 902 g/mol. The molecule has 0 aliphatic carbocycles. The highest BCUT2D eigenvalue weighted by atomic mass is 16.7. The lowest BCUT2D eigenvalue weighted by Gasteiger charge is -2.43. The predicted octanol–water partition coefficient (Wildman–Crippen LogP) is -2.30. The van der Waals surface area contributed by atoms with Crippen molar-refractivity contribution in [1.82, 2.24) is 0 Å². The average molecular weight is 903 g/mol. The normalized spacial score (nSPS) is 31.9. The zero-order chi connectivity index (χ0) is 46.4. The van der Waals surface area contributed by atoms with Gasteiger partial charge in [0.25, 0.3) is 0 Å². The van der Waals surface area contributed by atoms with Gasteiger partial charge in [0, 0.05) is 17.7 Å². The van der Waals surface area contributed by atoms with Gasteiger partial charge in [0.05, 0.1) is 38.1 Å². The van der Waals surface area contributed by atoms with Crippen molar-refractivity contribution < 1.29 is 104 Å². The highest BCUT2D eigenvalue weighted by Crippen LogP contribution is 2.52. The number of rotatable bonds is 12. The second-order valence-electron chi connectivity index (χ2n) is 15.4. The molecule has 22 heteroatoms. The number of benzene rings is 3. The summed E-state index contributed by atoms with van der Waals surface area (Å²) in [6, 6.07) is 10.3. The first-order valence-corrected chi connectivity index (χ1v) is 19.6. The first-order valence-electron chi connectivity index (χ1n) is 19.6. The Kier molecular flexibility index (Phi) is 13.5. The van der Waals surface area contributed by atoms with Crippen LogP contribution in [-0.2, 0) is 23.7 Å². The van der Waals surface area contributed by atoms with Crippen LogP contribution in [0.15, 0.2) is 63.8 Å². The molecule has 13 N–H and O–H groups in total. The maximum absolute atomic E-state index is 14.2. The van der Waals surface area contributed by atoms with Crippen LogP contribution in [0.5, 0.6) is 28.7 Å². The van der Waals surface area contributed by atoms with Crippen LogP contribution in [0.3, 0.4) is 0 Å². The molecule has 0 radical (unpaired) electrons. The summed E-state index contributed by atoms with van der Waals surface area (Å²) >= 11 is 0. The molecular formula is C42H46O22. The number of esters is 1. The van der Waals surface area contributed by atoms with Crippen LogP contribution in [-0.4, -0.2) is 173 Å². The molecule has 4 heterocycles. The van der Waals surface area contributed by atoms with Gasteiger partial charge in [-0.3, -0.25) is 4.79 Å². The molecule has 3 saturated heterocycles. The molecule has 0 spiro atoms. The fourth-order valence-electron chi connectivity index (χ4n) is 7.67. The Bertz CT molecular complexity index is 2420. The molecule has 0 unspecified atom stereocenters. The van der Waals surface area contributed by atoms with Crippen LogP contribution >= 0.6 is 0 Å². The molecular weight excluding hydrogens is 856 g/mol. The minimum Gasteiger partial charge on any atom is -0.508 e. The van der Waals surface area contributed by atoms with Crippen molar-refractivity contribution in [1.29, 1.82) is 0 Å². The van der Waals surface area contributed by atoms with E-state index in [-0.39, 0.29) is 28.6 Å². The summed E-state index contributed by atoms with van der Waals surface area (Å²) in [4.78, 5) is 27.1. The highest BCUT2D eigenvalue weighted by Gasteiger charge is 2.54. The third-order valence-corrected chi connectivity index (χ3v) is 11.3. The fourth-order valence-corrected chi connectivity index (χ4v) is 7.67. The molecule has 346 valence electrons. The number of aromatic hydroxyl groups is 3. The van der Waals surface area contributed by atoms with Crippen LogP contribution < -0.4 is 14.9 Å². The first-order chi connectivity index (χ1) is 30.4. The van der Waals surface area contributed by atoms with E-state index in [4.69, 9.17) is 32.8 Å². The quantitative estimate of drug-likeness (QED) is 0.0525. The van der Waals surface area contributed by atoms with Crippen molar-refractivity contribution in [2.45, 2.75) is 79.0 Å². The Morgan fingerprint density at radius 1 is 0.828 bits per heavy atom. The lowest BCUT2D eigenvalue weighted by Crippen LogP contribution is -2.56. The van der Waals surface area contributed by atoms with Crippen molar-refractivity contribution in [2.75, 3.05) is 33.5 Å². The average Bonchev–Trinajstić information content (AvgIpc) is 3.57. The second kappa shape index (κ2) is 18.6. The van der Waals surface area contributed by atoms with Gasteiger partial charge in [-0.15, -0.1) is 0 Å². The number of fused-ring (bicyclic) bond motifs is 1. The Balaban J connectivity index is 1.41. The second-order valence-corrected chi connectivity index (χ2v) is 15.4. The molecule has 13 atom stereocenters. The molecule has 3 aromatic carbocycles. The van der Waals surface area contributed by atoms with E-state index in [2.05, 4.69) is 0 Å². The third kappa shape index (κ3) is 8.59. The summed E-state index contributed by atoms with van der Waals surface area (Å²) in [5.41, 5.74) is -4.93. The molecule has 0 amide bonds.